The number of unbranched alkanes of at least 4 members (excludes halogenated alkanes) is 1. The van der Waals surface area contributed by atoms with Crippen molar-refractivity contribution in [3.05, 3.63) is 50.9 Å². The third-order valence-corrected chi connectivity index (χ3v) is 6.07. The van der Waals surface area contributed by atoms with Crippen LogP contribution in [0.15, 0.2) is 29.1 Å². The van der Waals surface area contributed by atoms with Crippen molar-refractivity contribution in [2.45, 2.75) is 57.4 Å². The molecule has 2 aromatic rings. The number of aliphatic hydroxyl groups is 1. The number of hydrogen-bond donors (Lipinski definition) is 3. The van der Waals surface area contributed by atoms with Crippen molar-refractivity contribution in [2.75, 3.05) is 13.1 Å². The second-order valence-electron chi connectivity index (χ2n) is 8.18. The number of rotatable bonds is 5. The summed E-state index contributed by atoms with van der Waals surface area (Å²) in [5.41, 5.74) is 1.79. The lowest BCUT2D eigenvalue weighted by Gasteiger charge is -2.33. The van der Waals surface area contributed by atoms with Crippen LogP contribution < -0.4 is 10.9 Å². The number of hydrogen-bond acceptors (Lipinski definition) is 6. The molecule has 4 rings (SSSR count). The highest BCUT2D eigenvalue weighted by Crippen LogP contribution is 2.31. The maximum atomic E-state index is 13.0. The first-order valence-electron chi connectivity index (χ1n) is 10.7. The number of amides is 1. The first-order valence-corrected chi connectivity index (χ1v) is 11.1. The van der Waals surface area contributed by atoms with Crippen LogP contribution in [0.5, 0.6) is 0 Å². The van der Waals surface area contributed by atoms with E-state index in [1.54, 1.807) is 17.0 Å². The number of fused-ring (bicyclic) bond motifs is 1. The Morgan fingerprint density at radius 3 is 2.81 bits per heavy atom. The second kappa shape index (κ2) is 9.38. The van der Waals surface area contributed by atoms with Crippen LogP contribution in [0.25, 0.3) is 11.4 Å². The quantitative estimate of drug-likeness (QED) is 0.651. The Hall–Kier alpha value is -2.42. The number of ether oxygens (including phenoxy) is 1. The molecular formula is C22H27ClN4O4. The zero-order valence-corrected chi connectivity index (χ0v) is 18.2. The minimum Gasteiger partial charge on any atom is -0.430 e. The number of halogens is 1. The molecule has 8 nitrogen and oxygen atoms in total. The molecule has 2 unspecified atom stereocenters. The summed E-state index contributed by atoms with van der Waals surface area (Å²) in [6.07, 6.45) is 1.64. The summed E-state index contributed by atoms with van der Waals surface area (Å²) in [6.45, 7) is 3.10. The van der Waals surface area contributed by atoms with Crippen LogP contribution >= 0.6 is 11.6 Å². The number of nitrogens with one attached hydrogen (secondary N) is 2. The first kappa shape index (κ1) is 21.8. The van der Waals surface area contributed by atoms with Crippen molar-refractivity contribution >= 4 is 17.7 Å². The molecule has 1 saturated heterocycles. The predicted octanol–water partition coefficient (Wildman–Crippen LogP) is 3.00. The number of H-pyrrole nitrogens is 1. The van der Waals surface area contributed by atoms with Crippen LogP contribution in [0.4, 0.5) is 4.79 Å². The van der Waals surface area contributed by atoms with Gasteiger partial charge in [-0.1, -0.05) is 31.4 Å². The Balaban J connectivity index is 1.61. The fraction of sp³-hybridized carbons (Fsp3) is 0.500. The third-order valence-electron chi connectivity index (χ3n) is 5.82. The third kappa shape index (κ3) is 4.92. The van der Waals surface area contributed by atoms with E-state index in [1.165, 1.54) is 0 Å². The molecule has 0 aliphatic carbocycles. The topological polar surface area (TPSA) is 108 Å². The lowest BCUT2D eigenvalue weighted by Crippen LogP contribution is -2.44. The van der Waals surface area contributed by atoms with Gasteiger partial charge in [0.15, 0.2) is 6.23 Å². The molecule has 31 heavy (non-hydrogen) atoms. The highest BCUT2D eigenvalue weighted by molar-refractivity contribution is 6.30. The van der Waals surface area contributed by atoms with Gasteiger partial charge in [0, 0.05) is 36.0 Å². The number of carbonyl (C=O) groups is 1. The zero-order chi connectivity index (χ0) is 22.0. The molecule has 3 atom stereocenters. The molecule has 0 saturated carbocycles. The number of aromatic amines is 1. The SMILES string of the molecule is CCCCC1CN(C(=O)OC2C[C@@H](O)CN2)Cc2c1nc(-c1ccc(Cl)cc1)[nH]c2=O. The Morgan fingerprint density at radius 2 is 2.13 bits per heavy atom. The van der Waals surface area contributed by atoms with Crippen molar-refractivity contribution in [3.63, 3.8) is 0 Å². The van der Waals surface area contributed by atoms with Crippen molar-refractivity contribution in [2.24, 2.45) is 0 Å². The van der Waals surface area contributed by atoms with Crippen LogP contribution in [0, 0.1) is 0 Å². The molecule has 0 spiro atoms. The summed E-state index contributed by atoms with van der Waals surface area (Å²) in [4.78, 5) is 34.9. The fourth-order valence-electron chi connectivity index (χ4n) is 4.14. The molecular weight excluding hydrogens is 420 g/mol. The molecule has 0 radical (unpaired) electrons. The number of nitrogens with zero attached hydrogens (tertiary/aromatic N) is 2. The van der Waals surface area contributed by atoms with Crippen molar-refractivity contribution in [3.8, 4) is 11.4 Å². The maximum absolute atomic E-state index is 13.0. The smallest absolute Gasteiger partial charge is 0.411 e. The Labute approximate surface area is 185 Å². The predicted molar refractivity (Wildman–Crippen MR) is 117 cm³/mol. The Kier molecular flexibility index (Phi) is 6.60. The van der Waals surface area contributed by atoms with Crippen LogP contribution in [-0.2, 0) is 11.3 Å². The summed E-state index contributed by atoms with van der Waals surface area (Å²) in [7, 11) is 0. The molecule has 1 amide bonds. The van der Waals surface area contributed by atoms with Gasteiger partial charge in [-0.2, -0.15) is 0 Å². The van der Waals surface area contributed by atoms with Gasteiger partial charge in [-0.05, 0) is 30.7 Å². The van der Waals surface area contributed by atoms with E-state index in [4.69, 9.17) is 21.3 Å². The van der Waals surface area contributed by atoms with E-state index in [0.717, 1.165) is 30.5 Å². The van der Waals surface area contributed by atoms with Crippen molar-refractivity contribution in [1.29, 1.82) is 0 Å². The minimum absolute atomic E-state index is 0.0493. The monoisotopic (exact) mass is 446 g/mol. The highest BCUT2D eigenvalue weighted by Gasteiger charge is 2.34. The van der Waals surface area contributed by atoms with Crippen LogP contribution in [0.1, 0.15) is 49.8 Å². The van der Waals surface area contributed by atoms with Crippen LogP contribution in [0.2, 0.25) is 5.02 Å². The summed E-state index contributed by atoms with van der Waals surface area (Å²) in [5.74, 6) is 0.453. The maximum Gasteiger partial charge on any atom is 0.411 e. The van der Waals surface area contributed by atoms with E-state index in [9.17, 15) is 14.7 Å². The molecule has 3 N–H and O–H groups in total. The van der Waals surface area contributed by atoms with E-state index in [0.29, 0.717) is 35.9 Å². The summed E-state index contributed by atoms with van der Waals surface area (Å²) in [5, 5.41) is 13.2. The van der Waals surface area contributed by atoms with Gasteiger partial charge >= 0.3 is 6.09 Å². The Bertz CT molecular complexity index is 994. The van der Waals surface area contributed by atoms with Crippen molar-refractivity contribution in [1.82, 2.24) is 20.2 Å². The van der Waals surface area contributed by atoms with Gasteiger partial charge in [0.2, 0.25) is 0 Å². The molecule has 3 heterocycles. The fourth-order valence-corrected chi connectivity index (χ4v) is 4.27. The molecule has 1 aromatic heterocycles. The number of benzene rings is 1. The molecule has 166 valence electrons. The normalized spacial score (nSPS) is 22.9. The van der Waals surface area contributed by atoms with E-state index >= 15 is 0 Å². The van der Waals surface area contributed by atoms with Gasteiger partial charge in [-0.15, -0.1) is 0 Å². The lowest BCUT2D eigenvalue weighted by atomic mass is 9.91. The molecule has 2 aliphatic rings. The number of β-amino-alcohol motifs (C(OH)–C–C–N with tert-alkyl or cyclic N) is 1. The van der Waals surface area contributed by atoms with Crippen molar-refractivity contribution < 1.29 is 14.6 Å². The van der Waals surface area contributed by atoms with Crippen LogP contribution in [0.3, 0.4) is 0 Å². The summed E-state index contributed by atoms with van der Waals surface area (Å²) in [6, 6.07) is 7.17. The van der Waals surface area contributed by atoms with E-state index in [2.05, 4.69) is 17.2 Å². The molecule has 0 bridgehead atoms. The van der Waals surface area contributed by atoms with E-state index < -0.39 is 18.4 Å². The number of carbonyl (C=O) groups excluding carboxylic acids is 1. The van der Waals surface area contributed by atoms with E-state index in [1.807, 2.05) is 12.1 Å². The van der Waals surface area contributed by atoms with Gasteiger partial charge in [0.25, 0.3) is 5.56 Å². The van der Waals surface area contributed by atoms with Gasteiger partial charge in [-0.25, -0.2) is 9.78 Å². The summed E-state index contributed by atoms with van der Waals surface area (Å²) >= 11 is 5.98. The molecule has 9 heteroatoms. The number of aliphatic hydroxyl groups excluding tert-OH is 1. The summed E-state index contributed by atoms with van der Waals surface area (Å²) < 4.78 is 5.50. The average Bonchev–Trinajstić information content (AvgIpc) is 3.17. The van der Waals surface area contributed by atoms with Gasteiger partial charge < -0.3 is 19.7 Å². The number of aromatic nitrogens is 2. The highest BCUT2D eigenvalue weighted by atomic mass is 35.5. The lowest BCUT2D eigenvalue weighted by molar-refractivity contribution is 0.0445. The largest absolute Gasteiger partial charge is 0.430 e. The van der Waals surface area contributed by atoms with Crippen LogP contribution in [-0.4, -0.2) is 51.5 Å². The van der Waals surface area contributed by atoms with Gasteiger partial charge in [0.05, 0.1) is 23.9 Å². The van der Waals surface area contributed by atoms with E-state index in [-0.39, 0.29) is 18.0 Å². The molecule has 1 fully saturated rings. The second-order valence-corrected chi connectivity index (χ2v) is 8.61. The standard InChI is InChI=1S/C22H27ClN4O4/c1-2-3-4-14-11-27(22(30)31-18-9-16(28)10-24-18)12-17-19(14)25-20(26-21(17)29)13-5-7-15(23)8-6-13/h5-8,14,16,18,24,28H,2-4,9-12H2,1H3,(H,25,26,29)/t14?,16-,18?/m1/s1. The molecule has 2 aliphatic heterocycles. The Morgan fingerprint density at radius 1 is 1.35 bits per heavy atom. The van der Waals surface area contributed by atoms with Gasteiger partial charge in [-0.3, -0.25) is 10.1 Å². The molecule has 1 aromatic carbocycles. The average molecular weight is 447 g/mol. The zero-order valence-electron chi connectivity index (χ0n) is 17.4. The first-order chi connectivity index (χ1) is 14.9. The minimum atomic E-state index is -0.518. The van der Waals surface area contributed by atoms with Gasteiger partial charge in [0.1, 0.15) is 5.82 Å².